The molecular weight excluding hydrogens is 218 g/mol. The summed E-state index contributed by atoms with van der Waals surface area (Å²) in [6.45, 7) is 5.29. The van der Waals surface area contributed by atoms with Crippen LogP contribution in [0.1, 0.15) is 46.0 Å². The minimum atomic E-state index is -0.914. The number of unbranched alkanes of at least 4 members (excludes halogenated alkanes) is 2. The van der Waals surface area contributed by atoms with Crippen molar-refractivity contribution in [1.82, 2.24) is 0 Å². The molecule has 1 unspecified atom stereocenters. The van der Waals surface area contributed by atoms with E-state index in [0.717, 1.165) is 32.1 Å². The van der Waals surface area contributed by atoms with Crippen molar-refractivity contribution < 1.29 is 14.3 Å². The van der Waals surface area contributed by atoms with E-state index >= 15 is 0 Å². The first-order valence-corrected chi connectivity index (χ1v) is 6.69. The smallest absolute Gasteiger partial charge is 0.328 e. The molecule has 0 saturated heterocycles. The molecule has 0 bridgehead atoms. The first kappa shape index (κ1) is 14.5. The molecule has 0 amide bonds. The number of hydrogen-bond acceptors (Lipinski definition) is 4. The number of esters is 1. The van der Waals surface area contributed by atoms with E-state index in [2.05, 4.69) is 6.92 Å². The Morgan fingerprint density at radius 1 is 1.35 bits per heavy atom. The molecule has 2 N–H and O–H groups in total. The molecular formula is C13H25NO3. The van der Waals surface area contributed by atoms with E-state index in [0.29, 0.717) is 19.8 Å². The quantitative estimate of drug-likeness (QED) is 0.496. The highest BCUT2D eigenvalue weighted by atomic mass is 16.5. The number of rotatable bonds is 9. The molecule has 0 aromatic carbocycles. The van der Waals surface area contributed by atoms with Gasteiger partial charge in [0.05, 0.1) is 13.2 Å². The van der Waals surface area contributed by atoms with Crippen LogP contribution in [0, 0.1) is 5.92 Å². The Labute approximate surface area is 104 Å². The Morgan fingerprint density at radius 2 is 2.06 bits per heavy atom. The van der Waals surface area contributed by atoms with Gasteiger partial charge in [-0.1, -0.05) is 19.8 Å². The number of nitrogens with two attached hydrogens (primary N) is 1. The predicted molar refractivity (Wildman–Crippen MR) is 66.6 cm³/mol. The molecule has 0 aromatic heterocycles. The van der Waals surface area contributed by atoms with Gasteiger partial charge in [0.25, 0.3) is 0 Å². The van der Waals surface area contributed by atoms with E-state index in [4.69, 9.17) is 15.2 Å². The fraction of sp³-hybridized carbons (Fsp3) is 0.923. The summed E-state index contributed by atoms with van der Waals surface area (Å²) in [5, 5.41) is 0. The average molecular weight is 243 g/mol. The van der Waals surface area contributed by atoms with E-state index in [9.17, 15) is 4.79 Å². The van der Waals surface area contributed by atoms with Crippen molar-refractivity contribution in [2.45, 2.75) is 51.5 Å². The minimum absolute atomic E-state index is 0.243. The zero-order chi connectivity index (χ0) is 12.7. The van der Waals surface area contributed by atoms with Gasteiger partial charge in [0.2, 0.25) is 0 Å². The Balaban J connectivity index is 2.34. The second-order valence-corrected chi connectivity index (χ2v) is 4.79. The molecule has 1 aliphatic rings. The molecule has 0 aliphatic heterocycles. The first-order chi connectivity index (χ1) is 8.15. The van der Waals surface area contributed by atoms with Crippen molar-refractivity contribution in [3.8, 4) is 0 Å². The van der Waals surface area contributed by atoms with Crippen LogP contribution in [-0.2, 0) is 14.3 Å². The zero-order valence-electron chi connectivity index (χ0n) is 11.0. The largest absolute Gasteiger partial charge is 0.465 e. The van der Waals surface area contributed by atoms with Gasteiger partial charge >= 0.3 is 5.97 Å². The fourth-order valence-corrected chi connectivity index (χ4v) is 1.90. The summed E-state index contributed by atoms with van der Waals surface area (Å²) in [6.07, 6.45) is 5.36. The third-order valence-electron chi connectivity index (χ3n) is 3.19. The van der Waals surface area contributed by atoms with Crippen LogP contribution in [0.25, 0.3) is 0 Å². The van der Waals surface area contributed by atoms with Gasteiger partial charge < -0.3 is 15.2 Å². The molecule has 17 heavy (non-hydrogen) atoms. The molecule has 1 atom stereocenters. The van der Waals surface area contributed by atoms with Crippen LogP contribution in [0.2, 0.25) is 0 Å². The van der Waals surface area contributed by atoms with Gasteiger partial charge in [-0.25, -0.2) is 4.79 Å². The summed E-state index contributed by atoms with van der Waals surface area (Å²) >= 11 is 0. The monoisotopic (exact) mass is 243 g/mol. The first-order valence-electron chi connectivity index (χ1n) is 6.69. The van der Waals surface area contributed by atoms with Gasteiger partial charge in [0.15, 0.2) is 0 Å². The third-order valence-corrected chi connectivity index (χ3v) is 3.19. The lowest BCUT2D eigenvalue weighted by Gasteiger charge is -2.26. The van der Waals surface area contributed by atoms with Crippen LogP contribution in [-0.4, -0.2) is 31.3 Å². The second kappa shape index (κ2) is 6.97. The van der Waals surface area contributed by atoms with Crippen molar-refractivity contribution in [3.63, 3.8) is 0 Å². The topological polar surface area (TPSA) is 61.5 Å². The molecule has 0 spiro atoms. The van der Waals surface area contributed by atoms with Crippen molar-refractivity contribution in [2.75, 3.05) is 19.8 Å². The van der Waals surface area contributed by atoms with E-state index in [-0.39, 0.29) is 11.9 Å². The van der Waals surface area contributed by atoms with Crippen LogP contribution < -0.4 is 5.73 Å². The molecule has 0 heterocycles. The number of carbonyl (C=O) groups excluding carboxylic acids is 1. The lowest BCUT2D eigenvalue weighted by atomic mass is 9.96. The van der Waals surface area contributed by atoms with Gasteiger partial charge in [-0.2, -0.15) is 0 Å². The summed E-state index contributed by atoms with van der Waals surface area (Å²) in [6, 6.07) is 0. The van der Waals surface area contributed by atoms with Gasteiger partial charge in [-0.05, 0) is 32.1 Å². The molecule has 1 aliphatic carbocycles. The molecule has 1 saturated carbocycles. The summed E-state index contributed by atoms with van der Waals surface area (Å²) in [5.74, 6) is -0.0642. The van der Waals surface area contributed by atoms with Gasteiger partial charge in [0.1, 0.15) is 5.54 Å². The minimum Gasteiger partial charge on any atom is -0.465 e. The Bertz CT molecular complexity index is 241. The Morgan fingerprint density at radius 3 is 2.59 bits per heavy atom. The van der Waals surface area contributed by atoms with Gasteiger partial charge in [0, 0.05) is 6.61 Å². The second-order valence-electron chi connectivity index (χ2n) is 4.79. The maximum Gasteiger partial charge on any atom is 0.328 e. The highest BCUT2D eigenvalue weighted by Crippen LogP contribution is 2.39. The summed E-state index contributed by atoms with van der Waals surface area (Å²) in [4.78, 5) is 11.8. The molecule has 100 valence electrons. The van der Waals surface area contributed by atoms with E-state index in [1.807, 2.05) is 0 Å². The number of hydrogen-bond donors (Lipinski definition) is 1. The number of carbonyl (C=O) groups is 1. The van der Waals surface area contributed by atoms with Crippen molar-refractivity contribution in [3.05, 3.63) is 0 Å². The van der Waals surface area contributed by atoms with Crippen molar-refractivity contribution in [2.24, 2.45) is 11.7 Å². The van der Waals surface area contributed by atoms with Crippen LogP contribution >= 0.6 is 0 Å². The lowest BCUT2D eigenvalue weighted by Crippen LogP contribution is -2.55. The van der Waals surface area contributed by atoms with Crippen LogP contribution in [0.4, 0.5) is 0 Å². The number of ether oxygens (including phenoxy) is 2. The molecule has 1 fully saturated rings. The Hall–Kier alpha value is -0.610. The standard InChI is InChI=1S/C13H25NO3/c1-3-5-6-9-16-10-13(14,11-7-8-11)12(15)17-4-2/h11H,3-10,14H2,1-2H3. The van der Waals surface area contributed by atoms with Crippen LogP contribution in [0.5, 0.6) is 0 Å². The molecule has 4 nitrogen and oxygen atoms in total. The summed E-state index contributed by atoms with van der Waals surface area (Å²) in [5.41, 5.74) is 5.23. The fourth-order valence-electron chi connectivity index (χ4n) is 1.90. The average Bonchev–Trinajstić information content (AvgIpc) is 3.13. The van der Waals surface area contributed by atoms with Crippen LogP contribution in [0.3, 0.4) is 0 Å². The summed E-state index contributed by atoms with van der Waals surface area (Å²) < 4.78 is 10.6. The van der Waals surface area contributed by atoms with Gasteiger partial charge in [-0.3, -0.25) is 0 Å². The Kier molecular flexibility index (Phi) is 5.92. The van der Waals surface area contributed by atoms with E-state index in [1.54, 1.807) is 6.92 Å². The van der Waals surface area contributed by atoms with E-state index < -0.39 is 5.54 Å². The lowest BCUT2D eigenvalue weighted by molar-refractivity contribution is -0.153. The van der Waals surface area contributed by atoms with Gasteiger partial charge in [-0.15, -0.1) is 0 Å². The van der Waals surface area contributed by atoms with Crippen LogP contribution in [0.15, 0.2) is 0 Å². The molecule has 0 aromatic rings. The highest BCUT2D eigenvalue weighted by molar-refractivity contribution is 5.81. The zero-order valence-corrected chi connectivity index (χ0v) is 11.0. The SMILES string of the molecule is CCCCCOCC(N)(C(=O)OCC)C1CC1. The van der Waals surface area contributed by atoms with E-state index in [1.165, 1.54) is 0 Å². The summed E-state index contributed by atoms with van der Waals surface area (Å²) in [7, 11) is 0. The molecule has 1 rings (SSSR count). The normalized spacial score (nSPS) is 18.8. The van der Waals surface area contributed by atoms with Crippen molar-refractivity contribution in [1.29, 1.82) is 0 Å². The molecule has 0 radical (unpaired) electrons. The van der Waals surface area contributed by atoms with Crippen molar-refractivity contribution >= 4 is 5.97 Å². The molecule has 4 heteroatoms. The maximum atomic E-state index is 11.8. The third kappa shape index (κ3) is 4.28. The highest BCUT2D eigenvalue weighted by Gasteiger charge is 2.49. The maximum absolute atomic E-state index is 11.8. The predicted octanol–water partition coefficient (Wildman–Crippen LogP) is 1.86.